The van der Waals surface area contributed by atoms with E-state index in [4.69, 9.17) is 0 Å². The van der Waals surface area contributed by atoms with Gasteiger partial charge in [0.25, 0.3) is 0 Å². The Bertz CT molecular complexity index is 601. The highest BCUT2D eigenvalue weighted by Crippen LogP contribution is 2.26. The van der Waals surface area contributed by atoms with Crippen LogP contribution in [0.3, 0.4) is 0 Å². The summed E-state index contributed by atoms with van der Waals surface area (Å²) in [5, 5.41) is 0. The molecule has 1 aromatic rings. The number of imidazole rings is 1. The average Bonchev–Trinajstić information content (AvgIpc) is 3.34. The fourth-order valence-corrected chi connectivity index (χ4v) is 4.94. The summed E-state index contributed by atoms with van der Waals surface area (Å²) >= 11 is 0. The van der Waals surface area contributed by atoms with Gasteiger partial charge in [-0.15, -0.1) is 0 Å². The van der Waals surface area contributed by atoms with Gasteiger partial charge in [0.2, 0.25) is 5.91 Å². The van der Waals surface area contributed by atoms with Crippen LogP contribution in [-0.4, -0.2) is 75.9 Å². The zero-order valence-corrected chi connectivity index (χ0v) is 16.1. The quantitative estimate of drug-likeness (QED) is 0.894. The van der Waals surface area contributed by atoms with Crippen molar-refractivity contribution in [2.24, 2.45) is 5.92 Å². The molecule has 0 aliphatic carbocycles. The van der Waals surface area contributed by atoms with Gasteiger partial charge < -0.3 is 9.88 Å². The Labute approximate surface area is 156 Å². The minimum absolute atomic E-state index is 0.242. The lowest BCUT2D eigenvalue weighted by atomic mass is 9.93. The van der Waals surface area contributed by atoms with Gasteiger partial charge in [-0.05, 0) is 52.0 Å². The largest absolute Gasteiger partial charge is 0.348 e. The van der Waals surface area contributed by atoms with Gasteiger partial charge in [-0.25, -0.2) is 4.98 Å². The number of nitrogens with one attached hydrogen (secondary N) is 1. The standard InChI is InChI=1S/C20H33N5O/c1-16-19(22-15-21-16)14-23-11-6-18(7-12-23)25-10-4-5-17(13-25)20(26)24-8-2-3-9-24/h15,17-18H,2-14H2,1H3,(H,21,22). The number of nitrogens with zero attached hydrogens (tertiary/aromatic N) is 4. The van der Waals surface area contributed by atoms with E-state index in [0.29, 0.717) is 11.9 Å². The highest BCUT2D eigenvalue weighted by Gasteiger charge is 2.34. The van der Waals surface area contributed by atoms with Crippen molar-refractivity contribution in [3.05, 3.63) is 17.7 Å². The number of aromatic nitrogens is 2. The predicted molar refractivity (Wildman–Crippen MR) is 102 cm³/mol. The van der Waals surface area contributed by atoms with Crippen LogP contribution in [0.25, 0.3) is 0 Å². The second-order valence-corrected chi connectivity index (χ2v) is 8.35. The van der Waals surface area contributed by atoms with E-state index in [1.165, 1.54) is 50.0 Å². The molecule has 3 aliphatic heterocycles. The molecule has 3 saturated heterocycles. The van der Waals surface area contributed by atoms with Crippen molar-refractivity contribution in [3.63, 3.8) is 0 Å². The molecule has 1 aromatic heterocycles. The Balaban J connectivity index is 1.27. The van der Waals surface area contributed by atoms with Gasteiger partial charge in [0, 0.05) is 51.0 Å². The summed E-state index contributed by atoms with van der Waals surface area (Å²) < 4.78 is 0. The number of hydrogen-bond acceptors (Lipinski definition) is 4. The molecule has 26 heavy (non-hydrogen) atoms. The Kier molecular flexibility index (Phi) is 5.60. The molecule has 3 fully saturated rings. The molecule has 4 rings (SSSR count). The molecule has 3 aliphatic rings. The van der Waals surface area contributed by atoms with Crippen LogP contribution in [0.2, 0.25) is 0 Å². The monoisotopic (exact) mass is 359 g/mol. The van der Waals surface area contributed by atoms with Gasteiger partial charge in [-0.3, -0.25) is 14.6 Å². The Morgan fingerprint density at radius 3 is 2.58 bits per heavy atom. The average molecular weight is 360 g/mol. The van der Waals surface area contributed by atoms with Gasteiger partial charge in [0.15, 0.2) is 0 Å². The molecule has 0 aromatic carbocycles. The summed E-state index contributed by atoms with van der Waals surface area (Å²) in [5.74, 6) is 0.672. The van der Waals surface area contributed by atoms with E-state index < -0.39 is 0 Å². The maximum atomic E-state index is 12.8. The molecule has 1 amide bonds. The number of rotatable bonds is 4. The third-order valence-corrected chi connectivity index (χ3v) is 6.60. The minimum Gasteiger partial charge on any atom is -0.348 e. The molecule has 6 nitrogen and oxygen atoms in total. The lowest BCUT2D eigenvalue weighted by Gasteiger charge is -2.42. The second-order valence-electron chi connectivity index (χ2n) is 8.35. The second kappa shape index (κ2) is 8.09. The molecule has 1 unspecified atom stereocenters. The number of piperidine rings is 2. The summed E-state index contributed by atoms with van der Waals surface area (Å²) in [7, 11) is 0. The zero-order chi connectivity index (χ0) is 17.9. The van der Waals surface area contributed by atoms with Crippen LogP contribution in [0.15, 0.2) is 6.33 Å². The van der Waals surface area contributed by atoms with Gasteiger partial charge in [-0.2, -0.15) is 0 Å². The third kappa shape index (κ3) is 3.96. The molecule has 0 radical (unpaired) electrons. The van der Waals surface area contributed by atoms with E-state index in [0.717, 1.165) is 45.7 Å². The van der Waals surface area contributed by atoms with E-state index in [9.17, 15) is 4.79 Å². The van der Waals surface area contributed by atoms with Gasteiger partial charge in [-0.1, -0.05) is 0 Å². The first kappa shape index (κ1) is 18.0. The highest BCUT2D eigenvalue weighted by atomic mass is 16.2. The van der Waals surface area contributed by atoms with Crippen molar-refractivity contribution in [3.8, 4) is 0 Å². The van der Waals surface area contributed by atoms with Gasteiger partial charge in [0.05, 0.1) is 17.9 Å². The molecule has 1 N–H and O–H groups in total. The number of carbonyl (C=O) groups excluding carboxylic acids is 1. The van der Waals surface area contributed by atoms with Crippen LogP contribution >= 0.6 is 0 Å². The van der Waals surface area contributed by atoms with E-state index >= 15 is 0 Å². The molecule has 1 atom stereocenters. The first-order valence-electron chi connectivity index (χ1n) is 10.4. The predicted octanol–water partition coefficient (Wildman–Crippen LogP) is 2.02. The number of hydrogen-bond donors (Lipinski definition) is 1. The topological polar surface area (TPSA) is 55.5 Å². The van der Waals surface area contributed by atoms with Crippen LogP contribution in [0.4, 0.5) is 0 Å². The van der Waals surface area contributed by atoms with E-state index in [-0.39, 0.29) is 5.92 Å². The third-order valence-electron chi connectivity index (χ3n) is 6.60. The Hall–Kier alpha value is -1.40. The van der Waals surface area contributed by atoms with Gasteiger partial charge >= 0.3 is 0 Å². The van der Waals surface area contributed by atoms with Crippen LogP contribution in [0.1, 0.15) is 49.9 Å². The van der Waals surface area contributed by atoms with Crippen molar-refractivity contribution < 1.29 is 4.79 Å². The van der Waals surface area contributed by atoms with Crippen LogP contribution in [0.5, 0.6) is 0 Å². The van der Waals surface area contributed by atoms with E-state index in [1.54, 1.807) is 6.33 Å². The summed E-state index contributed by atoms with van der Waals surface area (Å²) in [6.45, 7) is 9.46. The number of aromatic amines is 1. The summed E-state index contributed by atoms with van der Waals surface area (Å²) in [5.41, 5.74) is 2.36. The molecular formula is C20H33N5O. The molecule has 0 saturated carbocycles. The summed E-state index contributed by atoms with van der Waals surface area (Å²) in [4.78, 5) is 27.6. The lowest BCUT2D eigenvalue weighted by Crippen LogP contribution is -2.51. The van der Waals surface area contributed by atoms with Crippen LogP contribution in [0, 0.1) is 12.8 Å². The van der Waals surface area contributed by atoms with Crippen molar-refractivity contribution in [2.75, 3.05) is 39.3 Å². The normalized spacial score (nSPS) is 26.5. The van der Waals surface area contributed by atoms with Crippen LogP contribution in [-0.2, 0) is 11.3 Å². The molecule has 144 valence electrons. The maximum absolute atomic E-state index is 12.8. The van der Waals surface area contributed by atoms with Crippen molar-refractivity contribution in [1.82, 2.24) is 24.7 Å². The summed E-state index contributed by atoms with van der Waals surface area (Å²) in [6, 6.07) is 0.653. The number of carbonyl (C=O) groups is 1. The SMILES string of the molecule is Cc1[nH]cnc1CN1CCC(N2CCCC(C(=O)N3CCCC3)C2)CC1. The first-order chi connectivity index (χ1) is 12.7. The molecule has 6 heteroatoms. The first-order valence-corrected chi connectivity index (χ1v) is 10.4. The number of aryl methyl sites for hydroxylation is 1. The molecule has 0 bridgehead atoms. The summed E-state index contributed by atoms with van der Waals surface area (Å²) in [6.07, 6.45) is 8.87. The number of likely N-dealkylation sites (tertiary alicyclic amines) is 3. The zero-order valence-electron chi connectivity index (χ0n) is 16.1. The van der Waals surface area contributed by atoms with Crippen molar-refractivity contribution >= 4 is 5.91 Å². The molecule has 4 heterocycles. The smallest absolute Gasteiger partial charge is 0.226 e. The van der Waals surface area contributed by atoms with E-state index in [2.05, 4.69) is 31.6 Å². The molecule has 0 spiro atoms. The fourth-order valence-electron chi connectivity index (χ4n) is 4.94. The number of amides is 1. The Morgan fingerprint density at radius 2 is 1.88 bits per heavy atom. The lowest BCUT2D eigenvalue weighted by molar-refractivity contribution is -0.136. The van der Waals surface area contributed by atoms with Crippen LogP contribution < -0.4 is 0 Å². The minimum atomic E-state index is 0.242. The number of H-pyrrole nitrogens is 1. The molecular weight excluding hydrogens is 326 g/mol. The van der Waals surface area contributed by atoms with Crippen molar-refractivity contribution in [2.45, 2.75) is 58.0 Å². The highest BCUT2D eigenvalue weighted by molar-refractivity contribution is 5.79. The van der Waals surface area contributed by atoms with E-state index in [1.807, 2.05) is 0 Å². The fraction of sp³-hybridized carbons (Fsp3) is 0.800. The maximum Gasteiger partial charge on any atom is 0.226 e. The van der Waals surface area contributed by atoms with Crippen molar-refractivity contribution in [1.29, 1.82) is 0 Å². The van der Waals surface area contributed by atoms with Gasteiger partial charge in [0.1, 0.15) is 0 Å². The Morgan fingerprint density at radius 1 is 1.12 bits per heavy atom.